The summed E-state index contributed by atoms with van der Waals surface area (Å²) >= 11 is 3.54. The predicted octanol–water partition coefficient (Wildman–Crippen LogP) is 6.12. The van der Waals surface area contributed by atoms with Crippen LogP contribution in [0.3, 0.4) is 0 Å². The van der Waals surface area contributed by atoms with Gasteiger partial charge < -0.3 is 9.30 Å². The van der Waals surface area contributed by atoms with Gasteiger partial charge in [0.25, 0.3) is 5.91 Å². The third-order valence-corrected chi connectivity index (χ3v) is 6.22. The number of ether oxygens (including phenoxy) is 1. The van der Waals surface area contributed by atoms with Gasteiger partial charge in [-0.2, -0.15) is 0 Å². The molecule has 0 unspecified atom stereocenters. The van der Waals surface area contributed by atoms with Crippen LogP contribution in [0.25, 0.3) is 11.8 Å². The van der Waals surface area contributed by atoms with Gasteiger partial charge in [-0.05, 0) is 75.7 Å². The van der Waals surface area contributed by atoms with E-state index in [1.54, 1.807) is 24.8 Å². The van der Waals surface area contributed by atoms with Gasteiger partial charge in [-0.15, -0.1) is 0 Å². The number of allylic oxidation sites excluding steroid dienone is 1. The number of hydrogen-bond donors (Lipinski definition) is 0. The molecule has 2 aromatic carbocycles. The smallest absolute Gasteiger partial charge is 0.340 e. The second-order valence-electron chi connectivity index (χ2n) is 7.86. The molecule has 3 aromatic rings. The van der Waals surface area contributed by atoms with Gasteiger partial charge in [0.05, 0.1) is 17.8 Å². The first-order valence-electron chi connectivity index (χ1n) is 10.8. The molecule has 5 nitrogen and oxygen atoms in total. The molecule has 4 rings (SSSR count). The number of nitrogens with zero attached hydrogens (tertiary/aromatic N) is 2. The standard InChI is InChI=1S/C27H25BrN2O3/c1-5-33-27(32)25-19(4)30(22-11-7-6-8-12-22)26(31)24(25)15-20-14-17(2)29(18(20)3)23-13-9-10-21(28)16-23/h6-16H,5H2,1-4H3/b24-15-. The topological polar surface area (TPSA) is 51.5 Å². The first kappa shape index (κ1) is 22.8. The predicted molar refractivity (Wildman–Crippen MR) is 134 cm³/mol. The average Bonchev–Trinajstić information content (AvgIpc) is 3.20. The number of aromatic nitrogens is 1. The van der Waals surface area contributed by atoms with Gasteiger partial charge >= 0.3 is 5.97 Å². The van der Waals surface area contributed by atoms with Crippen molar-refractivity contribution in [2.45, 2.75) is 27.7 Å². The van der Waals surface area contributed by atoms with Crippen molar-refractivity contribution in [3.05, 3.63) is 98.9 Å². The second kappa shape index (κ2) is 9.24. The van der Waals surface area contributed by atoms with Crippen molar-refractivity contribution in [3.8, 4) is 5.69 Å². The average molecular weight is 505 g/mol. The lowest BCUT2D eigenvalue weighted by Crippen LogP contribution is -2.24. The molecular weight excluding hydrogens is 480 g/mol. The zero-order chi connectivity index (χ0) is 23.7. The van der Waals surface area contributed by atoms with Crippen molar-refractivity contribution in [3.63, 3.8) is 0 Å². The number of hydrogen-bond acceptors (Lipinski definition) is 3. The summed E-state index contributed by atoms with van der Waals surface area (Å²) in [6.45, 7) is 7.81. The second-order valence-corrected chi connectivity index (χ2v) is 8.77. The highest BCUT2D eigenvalue weighted by molar-refractivity contribution is 9.10. The number of carbonyl (C=O) groups excluding carboxylic acids is 2. The van der Waals surface area contributed by atoms with Crippen molar-refractivity contribution in [1.29, 1.82) is 0 Å². The van der Waals surface area contributed by atoms with Crippen molar-refractivity contribution >= 4 is 39.6 Å². The van der Waals surface area contributed by atoms with Crippen LogP contribution in [0.15, 0.2) is 82.0 Å². The molecule has 1 aliphatic heterocycles. The highest BCUT2D eigenvalue weighted by Crippen LogP contribution is 2.36. The van der Waals surface area contributed by atoms with Gasteiger partial charge in [-0.1, -0.05) is 40.2 Å². The summed E-state index contributed by atoms with van der Waals surface area (Å²) in [6.07, 6.45) is 1.80. The van der Waals surface area contributed by atoms with Gasteiger partial charge in [-0.3, -0.25) is 9.69 Å². The summed E-state index contributed by atoms with van der Waals surface area (Å²) in [6, 6.07) is 19.4. The largest absolute Gasteiger partial charge is 0.462 e. The number of anilines is 1. The van der Waals surface area contributed by atoms with Crippen molar-refractivity contribution in [2.24, 2.45) is 0 Å². The lowest BCUT2D eigenvalue weighted by molar-refractivity contribution is -0.138. The fourth-order valence-electron chi connectivity index (χ4n) is 4.27. The van der Waals surface area contributed by atoms with E-state index >= 15 is 0 Å². The normalized spacial score (nSPS) is 15.0. The van der Waals surface area contributed by atoms with Gasteiger partial charge in [0.2, 0.25) is 0 Å². The number of aryl methyl sites for hydroxylation is 1. The number of rotatable bonds is 5. The van der Waals surface area contributed by atoms with Crippen molar-refractivity contribution in [2.75, 3.05) is 11.5 Å². The summed E-state index contributed by atoms with van der Waals surface area (Å²) in [4.78, 5) is 28.0. The molecule has 0 bridgehead atoms. The molecule has 1 aromatic heterocycles. The van der Waals surface area contributed by atoms with E-state index in [0.29, 0.717) is 22.5 Å². The van der Waals surface area contributed by atoms with Gasteiger partial charge in [0.1, 0.15) is 0 Å². The first-order chi connectivity index (χ1) is 15.8. The Hall–Kier alpha value is -3.38. The van der Waals surface area contributed by atoms with Crippen molar-refractivity contribution in [1.82, 2.24) is 4.57 Å². The van der Waals surface area contributed by atoms with E-state index < -0.39 is 5.97 Å². The minimum absolute atomic E-state index is 0.236. The Labute approximate surface area is 202 Å². The quantitative estimate of drug-likeness (QED) is 0.310. The van der Waals surface area contributed by atoms with Crippen LogP contribution in [-0.2, 0) is 14.3 Å². The molecule has 0 aliphatic carbocycles. The Morgan fingerprint density at radius 3 is 2.36 bits per heavy atom. The lowest BCUT2D eigenvalue weighted by atomic mass is 10.0. The molecule has 33 heavy (non-hydrogen) atoms. The fraction of sp³-hybridized carbons (Fsp3) is 0.185. The Kier molecular flexibility index (Phi) is 6.38. The third kappa shape index (κ3) is 4.18. The highest BCUT2D eigenvalue weighted by atomic mass is 79.9. The Morgan fingerprint density at radius 1 is 1.00 bits per heavy atom. The van der Waals surface area contributed by atoms with Gasteiger partial charge in [-0.25, -0.2) is 4.79 Å². The molecule has 1 aliphatic rings. The monoisotopic (exact) mass is 504 g/mol. The summed E-state index contributed by atoms with van der Waals surface area (Å²) in [5, 5.41) is 0. The van der Waals surface area contributed by atoms with Crippen LogP contribution in [0, 0.1) is 13.8 Å². The van der Waals surface area contributed by atoms with Crippen LogP contribution < -0.4 is 4.90 Å². The van der Waals surface area contributed by atoms with Gasteiger partial charge in [0, 0.05) is 32.9 Å². The van der Waals surface area contributed by atoms with E-state index in [9.17, 15) is 9.59 Å². The van der Waals surface area contributed by atoms with Crippen LogP contribution >= 0.6 is 15.9 Å². The Morgan fingerprint density at radius 2 is 1.70 bits per heavy atom. The fourth-order valence-corrected chi connectivity index (χ4v) is 4.66. The summed E-state index contributed by atoms with van der Waals surface area (Å²) in [5.41, 5.74) is 5.82. The molecule has 0 radical (unpaired) electrons. The number of esters is 1. The molecule has 0 saturated heterocycles. The zero-order valence-corrected chi connectivity index (χ0v) is 20.6. The maximum atomic E-state index is 13.6. The molecule has 0 saturated carbocycles. The third-order valence-electron chi connectivity index (χ3n) is 5.73. The van der Waals surface area contributed by atoms with E-state index in [1.165, 1.54) is 0 Å². The maximum Gasteiger partial charge on any atom is 0.340 e. The number of halogens is 1. The molecule has 168 valence electrons. The number of benzene rings is 2. The summed E-state index contributed by atoms with van der Waals surface area (Å²) in [5.74, 6) is -0.733. The minimum atomic E-state index is -0.492. The highest BCUT2D eigenvalue weighted by Gasteiger charge is 2.38. The van der Waals surface area contributed by atoms with Crippen LogP contribution in [0.1, 0.15) is 30.8 Å². The zero-order valence-electron chi connectivity index (χ0n) is 19.1. The molecule has 2 heterocycles. The number of amides is 1. The van der Waals surface area contributed by atoms with E-state index in [1.807, 2.05) is 74.5 Å². The summed E-state index contributed by atoms with van der Waals surface area (Å²) < 4.78 is 8.43. The number of para-hydroxylation sites is 1. The first-order valence-corrected chi connectivity index (χ1v) is 11.6. The van der Waals surface area contributed by atoms with Gasteiger partial charge in [0.15, 0.2) is 0 Å². The van der Waals surface area contributed by atoms with E-state index in [4.69, 9.17) is 4.74 Å². The molecule has 0 atom stereocenters. The van der Waals surface area contributed by atoms with E-state index in [0.717, 1.165) is 27.1 Å². The SMILES string of the molecule is CCOC(=O)C1=C(C)N(c2ccccc2)C(=O)/C1=C\c1cc(C)n(-c2cccc(Br)c2)c1C. The van der Waals surface area contributed by atoms with E-state index in [2.05, 4.69) is 20.5 Å². The van der Waals surface area contributed by atoms with Crippen LogP contribution in [0.4, 0.5) is 5.69 Å². The van der Waals surface area contributed by atoms with E-state index in [-0.39, 0.29) is 12.5 Å². The molecule has 1 amide bonds. The summed E-state index contributed by atoms with van der Waals surface area (Å²) in [7, 11) is 0. The molecule has 6 heteroatoms. The Bertz CT molecular complexity index is 1300. The molecule has 0 fully saturated rings. The van der Waals surface area contributed by atoms with Crippen LogP contribution in [-0.4, -0.2) is 23.1 Å². The lowest BCUT2D eigenvalue weighted by Gasteiger charge is -2.17. The molecule has 0 spiro atoms. The number of carbonyl (C=O) groups is 2. The van der Waals surface area contributed by atoms with Crippen LogP contribution in [0.2, 0.25) is 0 Å². The van der Waals surface area contributed by atoms with Crippen LogP contribution in [0.5, 0.6) is 0 Å². The molecule has 0 N–H and O–H groups in total. The van der Waals surface area contributed by atoms with Crippen molar-refractivity contribution < 1.29 is 14.3 Å². The Balaban J connectivity index is 1.85. The maximum absolute atomic E-state index is 13.6. The molecular formula is C27H25BrN2O3. The minimum Gasteiger partial charge on any atom is -0.462 e.